The Morgan fingerprint density at radius 2 is 1.19 bits per heavy atom. The largest absolute Gasteiger partial charge is 0.481 e. The molecule has 0 aliphatic carbocycles. The van der Waals surface area contributed by atoms with Gasteiger partial charge in [0, 0.05) is 63.9 Å². The number of carboxylic acids is 2. The zero-order chi connectivity index (χ0) is 39.6. The van der Waals surface area contributed by atoms with Gasteiger partial charge in [-0.3, -0.25) is 57.6 Å². The molecule has 0 aromatic heterocycles. The van der Waals surface area contributed by atoms with Gasteiger partial charge in [0.1, 0.15) is 0 Å². The van der Waals surface area contributed by atoms with Gasteiger partial charge in [0.25, 0.3) is 36.0 Å². The first kappa shape index (κ1) is 44.5. The Morgan fingerprint density at radius 1 is 0.750 bits per heavy atom. The maximum Gasteiger partial charge on any atom is 0.303 e. The van der Waals surface area contributed by atoms with Crippen LogP contribution in [0.5, 0.6) is 0 Å². The SMILES string of the molecule is CC(C)(OC=O)C(=O)N(C(=O)CCNC(=O)[C@@H](N)CCC(=O)O)N(C(=O)CCCCCN1C(=O)C=CC1=O)C(=O)CCNC(=O)[C@@H](N)CCC(=O)O. The average molecular weight is 740 g/mol. The van der Waals surface area contributed by atoms with Gasteiger partial charge in [-0.05, 0) is 39.5 Å². The Bertz CT molecular complexity index is 1410. The van der Waals surface area contributed by atoms with E-state index in [0.717, 1.165) is 30.9 Å². The van der Waals surface area contributed by atoms with Crippen LogP contribution in [0.2, 0.25) is 0 Å². The highest BCUT2D eigenvalue weighted by atomic mass is 16.5. The van der Waals surface area contributed by atoms with Gasteiger partial charge in [-0.25, -0.2) is 0 Å². The minimum Gasteiger partial charge on any atom is -0.481 e. The fourth-order valence-corrected chi connectivity index (χ4v) is 4.46. The molecule has 0 aromatic rings. The Balaban J connectivity index is 3.24. The number of imide groups is 3. The molecule has 0 radical (unpaired) electrons. The van der Waals surface area contributed by atoms with E-state index in [1.165, 1.54) is 0 Å². The number of nitrogens with two attached hydrogens (primary N) is 2. The van der Waals surface area contributed by atoms with Crippen LogP contribution in [0, 0.1) is 0 Å². The fraction of sp³-hybridized carbons (Fsp3) is 0.581. The highest BCUT2D eigenvalue weighted by Gasteiger charge is 2.44. The molecule has 1 aliphatic rings. The lowest BCUT2D eigenvalue weighted by Gasteiger charge is -2.36. The number of ether oxygens (including phenoxy) is 1. The molecular formula is C31H45N7O14. The van der Waals surface area contributed by atoms with Crippen LogP contribution in [0.3, 0.4) is 0 Å². The molecule has 21 heteroatoms. The summed E-state index contributed by atoms with van der Waals surface area (Å²) in [6.45, 7) is 1.15. The molecule has 0 spiro atoms. The van der Waals surface area contributed by atoms with Gasteiger partial charge in [-0.15, -0.1) is 0 Å². The number of hydrogen-bond donors (Lipinski definition) is 6. The summed E-state index contributed by atoms with van der Waals surface area (Å²) in [4.78, 5) is 136. The number of amides is 8. The minimum atomic E-state index is -2.12. The summed E-state index contributed by atoms with van der Waals surface area (Å²) in [6.07, 6.45) is -0.320. The quantitative estimate of drug-likeness (QED) is 0.0272. The number of carbonyl (C=O) groups is 11. The summed E-state index contributed by atoms with van der Waals surface area (Å²) in [5.41, 5.74) is 9.22. The molecule has 8 N–H and O–H groups in total. The fourth-order valence-electron chi connectivity index (χ4n) is 4.46. The molecule has 0 unspecified atom stereocenters. The van der Waals surface area contributed by atoms with Crippen molar-refractivity contribution in [1.29, 1.82) is 0 Å². The molecule has 2 atom stereocenters. The number of aliphatic carboxylic acids is 2. The van der Waals surface area contributed by atoms with Crippen LogP contribution in [0.1, 0.15) is 78.1 Å². The molecule has 0 aromatic carbocycles. The van der Waals surface area contributed by atoms with Crippen LogP contribution in [0.4, 0.5) is 0 Å². The number of carboxylic acid groups (broad SMARTS) is 2. The zero-order valence-electron chi connectivity index (χ0n) is 28.9. The maximum absolute atomic E-state index is 13.7. The molecule has 8 amide bonds. The standard InChI is InChI=1S/C31H45N7O14/c1-31(2,52-18-39)30(51)38(25(44)14-16-35-29(50)20(33)8-12-27(47)48)37(24(43)13-15-34-28(49)19(32)7-11-26(45)46)23(42)6-4-3-5-17-36-21(40)9-10-22(36)41/h9-10,18-20H,3-8,11-17,32-33H2,1-2H3,(H,34,49)(H,35,50)(H,45,46)(H,47,48)/t19-,20-/m0/s1. The number of unbranched alkanes of at least 4 members (excludes halogenated alkanes) is 2. The first-order valence-corrected chi connectivity index (χ1v) is 16.2. The lowest BCUT2D eigenvalue weighted by molar-refractivity contribution is -0.189. The van der Waals surface area contributed by atoms with Crippen molar-refractivity contribution in [3.63, 3.8) is 0 Å². The van der Waals surface area contributed by atoms with Crippen LogP contribution in [-0.2, 0) is 57.5 Å². The van der Waals surface area contributed by atoms with Crippen molar-refractivity contribution in [2.45, 2.75) is 95.7 Å². The maximum atomic E-state index is 13.7. The predicted octanol–water partition coefficient (Wildman–Crippen LogP) is -2.55. The number of hydrazine groups is 1. The first-order valence-electron chi connectivity index (χ1n) is 16.2. The number of nitrogens with zero attached hydrogens (tertiary/aromatic N) is 3. The molecule has 21 nitrogen and oxygen atoms in total. The van der Waals surface area contributed by atoms with E-state index in [2.05, 4.69) is 10.6 Å². The lowest BCUT2D eigenvalue weighted by Crippen LogP contribution is -2.61. The van der Waals surface area contributed by atoms with Gasteiger partial charge >= 0.3 is 11.9 Å². The molecule has 0 saturated heterocycles. The summed E-state index contributed by atoms with van der Waals surface area (Å²) >= 11 is 0. The van der Waals surface area contributed by atoms with E-state index in [9.17, 15) is 52.7 Å². The van der Waals surface area contributed by atoms with E-state index in [1.54, 1.807) is 0 Å². The van der Waals surface area contributed by atoms with E-state index < -0.39 is 122 Å². The summed E-state index contributed by atoms with van der Waals surface area (Å²) in [7, 11) is 0. The molecular weight excluding hydrogens is 694 g/mol. The second kappa shape index (κ2) is 21.6. The van der Waals surface area contributed by atoms with Gasteiger partial charge in [-0.1, -0.05) is 6.42 Å². The topological polar surface area (TPSA) is 323 Å². The van der Waals surface area contributed by atoms with Gasteiger partial charge in [0.2, 0.25) is 17.7 Å². The highest BCUT2D eigenvalue weighted by molar-refractivity contribution is 6.12. The van der Waals surface area contributed by atoms with Crippen LogP contribution >= 0.6 is 0 Å². The smallest absolute Gasteiger partial charge is 0.303 e. The second-order valence-corrected chi connectivity index (χ2v) is 12.0. The van der Waals surface area contributed by atoms with Gasteiger partial charge in [-0.2, -0.15) is 10.0 Å². The molecule has 0 fully saturated rings. The van der Waals surface area contributed by atoms with E-state index in [0.29, 0.717) is 0 Å². The molecule has 1 heterocycles. The minimum absolute atomic E-state index is 0.0435. The van der Waals surface area contributed by atoms with Gasteiger partial charge in [0.15, 0.2) is 5.60 Å². The van der Waals surface area contributed by atoms with Crippen molar-refractivity contribution in [2.24, 2.45) is 11.5 Å². The van der Waals surface area contributed by atoms with Crippen molar-refractivity contribution < 1.29 is 67.7 Å². The molecule has 1 aliphatic heterocycles. The molecule has 288 valence electrons. The van der Waals surface area contributed by atoms with E-state index in [-0.39, 0.29) is 55.1 Å². The zero-order valence-corrected chi connectivity index (χ0v) is 28.9. The highest BCUT2D eigenvalue weighted by Crippen LogP contribution is 2.19. The summed E-state index contributed by atoms with van der Waals surface area (Å²) < 4.78 is 4.83. The second-order valence-electron chi connectivity index (χ2n) is 12.0. The summed E-state index contributed by atoms with van der Waals surface area (Å²) in [5.74, 6) is -9.85. The van der Waals surface area contributed by atoms with Crippen LogP contribution < -0.4 is 22.1 Å². The lowest BCUT2D eigenvalue weighted by atomic mass is 10.1. The third-order valence-corrected chi connectivity index (χ3v) is 7.42. The summed E-state index contributed by atoms with van der Waals surface area (Å²) in [5, 5.41) is 22.6. The van der Waals surface area contributed by atoms with Crippen molar-refractivity contribution in [1.82, 2.24) is 25.6 Å². The molecule has 52 heavy (non-hydrogen) atoms. The van der Waals surface area contributed by atoms with Crippen LogP contribution in [0.25, 0.3) is 0 Å². The van der Waals surface area contributed by atoms with Crippen LogP contribution in [-0.4, -0.2) is 128 Å². The first-order chi connectivity index (χ1) is 24.3. The van der Waals surface area contributed by atoms with E-state index >= 15 is 0 Å². The average Bonchev–Trinajstić information content (AvgIpc) is 3.39. The monoisotopic (exact) mass is 739 g/mol. The molecule has 0 saturated carbocycles. The van der Waals surface area contributed by atoms with Crippen molar-refractivity contribution in [3.05, 3.63) is 12.2 Å². The van der Waals surface area contributed by atoms with Gasteiger partial charge < -0.3 is 37.1 Å². The van der Waals surface area contributed by atoms with Crippen molar-refractivity contribution >= 4 is 65.7 Å². The predicted molar refractivity (Wildman–Crippen MR) is 174 cm³/mol. The summed E-state index contributed by atoms with van der Waals surface area (Å²) in [6, 6.07) is -2.51. The Hall–Kier alpha value is -5.57. The molecule has 1 rings (SSSR count). The Kier molecular flexibility index (Phi) is 18.5. The molecule has 0 bridgehead atoms. The Labute approximate surface area is 297 Å². The van der Waals surface area contributed by atoms with E-state index in [1.807, 2.05) is 0 Å². The number of hydrogen-bond acceptors (Lipinski definition) is 14. The number of nitrogens with one attached hydrogen (secondary N) is 2. The normalized spacial score (nSPS) is 13.5. The van der Waals surface area contributed by atoms with E-state index in [4.69, 9.17) is 26.4 Å². The third kappa shape index (κ3) is 14.7. The van der Waals surface area contributed by atoms with Crippen molar-refractivity contribution in [3.8, 4) is 0 Å². The number of carbonyl (C=O) groups excluding carboxylic acids is 9. The van der Waals surface area contributed by atoms with Gasteiger partial charge in [0.05, 0.1) is 12.1 Å². The third-order valence-electron chi connectivity index (χ3n) is 7.42. The number of rotatable bonds is 23. The van der Waals surface area contributed by atoms with Crippen molar-refractivity contribution in [2.75, 3.05) is 19.6 Å². The Morgan fingerprint density at radius 3 is 1.63 bits per heavy atom. The van der Waals surface area contributed by atoms with Crippen LogP contribution in [0.15, 0.2) is 12.2 Å².